The maximum atomic E-state index is 12.7. The summed E-state index contributed by atoms with van der Waals surface area (Å²) in [4.78, 5) is 14.6. The zero-order chi connectivity index (χ0) is 18.2. The summed E-state index contributed by atoms with van der Waals surface area (Å²) in [5.74, 6) is 0.0787. The number of hydrogen-bond acceptors (Lipinski definition) is 4. The van der Waals surface area contributed by atoms with E-state index in [0.717, 1.165) is 31.4 Å². The summed E-state index contributed by atoms with van der Waals surface area (Å²) in [5, 5.41) is 0. The van der Waals surface area contributed by atoms with Gasteiger partial charge in [0.1, 0.15) is 0 Å². The van der Waals surface area contributed by atoms with Crippen LogP contribution in [0.15, 0.2) is 24.3 Å². The van der Waals surface area contributed by atoms with Crippen molar-refractivity contribution in [1.82, 2.24) is 4.90 Å². The summed E-state index contributed by atoms with van der Waals surface area (Å²) in [6, 6.07) is 7.59. The number of carbonyl (C=O) groups is 1. The number of nitrogens with zero attached hydrogens (tertiary/aromatic N) is 1. The predicted molar refractivity (Wildman–Crippen MR) is 98.1 cm³/mol. The third-order valence-corrected chi connectivity index (χ3v) is 5.75. The van der Waals surface area contributed by atoms with E-state index in [9.17, 15) is 4.79 Å². The summed E-state index contributed by atoms with van der Waals surface area (Å²) >= 11 is 0. The van der Waals surface area contributed by atoms with Crippen molar-refractivity contribution in [2.45, 2.75) is 57.8 Å². The number of carbonyl (C=O) groups excluding carboxylic acids is 1. The first-order valence-corrected chi connectivity index (χ1v) is 9.01. The summed E-state index contributed by atoms with van der Waals surface area (Å²) in [6.07, 6.45) is 2.07. The molecule has 0 unspecified atom stereocenters. The molecule has 1 amide bonds. The standard InChI is InChI=1S/C19H28BNO4/c1-18(2)19(3,4)25-20(24-18)15-8-6-14(7-9-15)17(22)21-12-10-16(23-5)11-13-21/h6-9,16H,10-13H2,1-5H3. The second-order valence-corrected chi connectivity index (χ2v) is 7.94. The van der Waals surface area contributed by atoms with Crippen molar-refractivity contribution in [3.05, 3.63) is 29.8 Å². The Labute approximate surface area is 150 Å². The van der Waals surface area contributed by atoms with E-state index in [4.69, 9.17) is 14.0 Å². The fraction of sp³-hybridized carbons (Fsp3) is 0.632. The van der Waals surface area contributed by atoms with Gasteiger partial charge < -0.3 is 18.9 Å². The lowest BCUT2D eigenvalue weighted by molar-refractivity contribution is 0.00578. The Morgan fingerprint density at radius 1 is 1.08 bits per heavy atom. The Bertz CT molecular complexity index is 605. The number of rotatable bonds is 3. The molecule has 0 saturated carbocycles. The number of amides is 1. The summed E-state index contributed by atoms with van der Waals surface area (Å²) in [6.45, 7) is 9.64. The molecule has 2 fully saturated rings. The van der Waals surface area contributed by atoms with E-state index >= 15 is 0 Å². The highest BCUT2D eigenvalue weighted by molar-refractivity contribution is 6.62. The molecule has 1 aromatic carbocycles. The van der Waals surface area contributed by atoms with Gasteiger partial charge in [-0.25, -0.2) is 0 Å². The van der Waals surface area contributed by atoms with E-state index in [1.165, 1.54) is 0 Å². The van der Waals surface area contributed by atoms with Crippen LogP contribution in [0.5, 0.6) is 0 Å². The van der Waals surface area contributed by atoms with Gasteiger partial charge in [-0.3, -0.25) is 4.79 Å². The molecule has 0 atom stereocenters. The van der Waals surface area contributed by atoms with Gasteiger partial charge >= 0.3 is 7.12 Å². The monoisotopic (exact) mass is 345 g/mol. The molecule has 25 heavy (non-hydrogen) atoms. The van der Waals surface area contributed by atoms with Crippen LogP contribution >= 0.6 is 0 Å². The van der Waals surface area contributed by atoms with E-state index in [1.54, 1.807) is 7.11 Å². The van der Waals surface area contributed by atoms with Gasteiger partial charge in [-0.15, -0.1) is 0 Å². The maximum Gasteiger partial charge on any atom is 0.494 e. The van der Waals surface area contributed by atoms with E-state index in [1.807, 2.05) is 56.9 Å². The van der Waals surface area contributed by atoms with Crippen molar-refractivity contribution in [2.24, 2.45) is 0 Å². The Balaban J connectivity index is 1.66. The summed E-state index contributed by atoms with van der Waals surface area (Å²) in [5.41, 5.74) is 0.916. The predicted octanol–water partition coefficient (Wildman–Crippen LogP) is 2.24. The summed E-state index contributed by atoms with van der Waals surface area (Å²) < 4.78 is 17.5. The Hall–Kier alpha value is -1.37. The number of likely N-dealkylation sites (tertiary alicyclic amines) is 1. The molecular weight excluding hydrogens is 317 g/mol. The SMILES string of the molecule is COC1CCN(C(=O)c2ccc(B3OC(C)(C)C(C)(C)O3)cc2)CC1. The van der Waals surface area contributed by atoms with Crippen LogP contribution in [0, 0.1) is 0 Å². The Morgan fingerprint density at radius 3 is 2.08 bits per heavy atom. The van der Waals surface area contributed by atoms with Gasteiger partial charge in [0.05, 0.1) is 17.3 Å². The zero-order valence-electron chi connectivity index (χ0n) is 15.9. The molecule has 3 rings (SSSR count). The first-order chi connectivity index (χ1) is 11.7. The van der Waals surface area contributed by atoms with Gasteiger partial charge in [-0.2, -0.15) is 0 Å². The van der Waals surface area contributed by atoms with Gasteiger partial charge in [0.15, 0.2) is 0 Å². The normalized spacial score (nSPS) is 23.1. The molecule has 1 aromatic rings. The largest absolute Gasteiger partial charge is 0.494 e. The molecule has 0 aromatic heterocycles. The van der Waals surface area contributed by atoms with Gasteiger partial charge in [0.2, 0.25) is 0 Å². The van der Waals surface area contributed by atoms with Gasteiger partial charge in [-0.1, -0.05) is 12.1 Å². The number of methoxy groups -OCH3 is 1. The van der Waals surface area contributed by atoms with Crippen LogP contribution in [0.25, 0.3) is 0 Å². The molecule has 5 nitrogen and oxygen atoms in total. The second kappa shape index (κ2) is 6.74. The minimum absolute atomic E-state index is 0.0787. The third kappa shape index (κ3) is 3.61. The van der Waals surface area contributed by atoms with E-state index in [0.29, 0.717) is 5.56 Å². The van der Waals surface area contributed by atoms with Gasteiger partial charge in [-0.05, 0) is 58.1 Å². The maximum absolute atomic E-state index is 12.7. The minimum Gasteiger partial charge on any atom is -0.399 e. The van der Waals surface area contributed by atoms with Crippen LogP contribution in [0.3, 0.4) is 0 Å². The molecule has 0 spiro atoms. The molecule has 2 heterocycles. The molecule has 6 heteroatoms. The fourth-order valence-electron chi connectivity index (χ4n) is 3.24. The number of benzene rings is 1. The van der Waals surface area contributed by atoms with Crippen molar-refractivity contribution in [1.29, 1.82) is 0 Å². The zero-order valence-corrected chi connectivity index (χ0v) is 15.9. The molecule has 2 aliphatic heterocycles. The van der Waals surface area contributed by atoms with E-state index in [-0.39, 0.29) is 23.2 Å². The molecule has 0 N–H and O–H groups in total. The topological polar surface area (TPSA) is 48.0 Å². The van der Waals surface area contributed by atoms with Crippen LogP contribution in [0.2, 0.25) is 0 Å². The first-order valence-electron chi connectivity index (χ1n) is 9.01. The molecule has 0 bridgehead atoms. The van der Waals surface area contributed by atoms with Crippen molar-refractivity contribution < 1.29 is 18.8 Å². The van der Waals surface area contributed by atoms with Crippen LogP contribution in [-0.2, 0) is 14.0 Å². The van der Waals surface area contributed by atoms with Crippen molar-refractivity contribution in [3.8, 4) is 0 Å². The highest BCUT2D eigenvalue weighted by atomic mass is 16.7. The van der Waals surface area contributed by atoms with Gasteiger partial charge in [0.25, 0.3) is 5.91 Å². The van der Waals surface area contributed by atoms with Gasteiger partial charge in [0, 0.05) is 25.8 Å². The molecular formula is C19H28BNO4. The first kappa shape index (κ1) is 18.4. The lowest BCUT2D eigenvalue weighted by Gasteiger charge is -2.32. The van der Waals surface area contributed by atoms with Crippen LogP contribution in [-0.4, -0.2) is 55.4 Å². The van der Waals surface area contributed by atoms with E-state index in [2.05, 4.69) is 0 Å². The van der Waals surface area contributed by atoms with Crippen LogP contribution < -0.4 is 5.46 Å². The van der Waals surface area contributed by atoms with Crippen molar-refractivity contribution >= 4 is 18.5 Å². The molecule has 0 radical (unpaired) electrons. The number of hydrogen-bond donors (Lipinski definition) is 0. The lowest BCUT2D eigenvalue weighted by atomic mass is 9.79. The smallest absolute Gasteiger partial charge is 0.399 e. The van der Waals surface area contributed by atoms with Crippen LogP contribution in [0.1, 0.15) is 50.9 Å². The number of piperidine rings is 1. The highest BCUT2D eigenvalue weighted by Crippen LogP contribution is 2.36. The van der Waals surface area contributed by atoms with Crippen LogP contribution in [0.4, 0.5) is 0 Å². The molecule has 2 saturated heterocycles. The average molecular weight is 345 g/mol. The summed E-state index contributed by atoms with van der Waals surface area (Å²) in [7, 11) is 1.34. The molecule has 136 valence electrons. The minimum atomic E-state index is -0.397. The van der Waals surface area contributed by atoms with Crippen molar-refractivity contribution in [3.63, 3.8) is 0 Å². The number of ether oxygens (including phenoxy) is 1. The highest BCUT2D eigenvalue weighted by Gasteiger charge is 2.51. The lowest BCUT2D eigenvalue weighted by Crippen LogP contribution is -2.41. The second-order valence-electron chi connectivity index (χ2n) is 7.94. The average Bonchev–Trinajstić information content (AvgIpc) is 2.82. The fourth-order valence-corrected chi connectivity index (χ4v) is 3.24. The Morgan fingerprint density at radius 2 is 1.60 bits per heavy atom. The molecule has 2 aliphatic rings. The quantitative estimate of drug-likeness (QED) is 0.789. The third-order valence-electron chi connectivity index (χ3n) is 5.75. The van der Waals surface area contributed by atoms with Crippen molar-refractivity contribution in [2.75, 3.05) is 20.2 Å². The Kier molecular flexibility index (Phi) is 4.97. The van der Waals surface area contributed by atoms with E-state index < -0.39 is 7.12 Å². The molecule has 0 aliphatic carbocycles.